The van der Waals surface area contributed by atoms with Crippen molar-refractivity contribution in [3.63, 3.8) is 0 Å². The number of rotatable bonds is 3. The summed E-state index contributed by atoms with van der Waals surface area (Å²) >= 11 is 0. The van der Waals surface area contributed by atoms with Gasteiger partial charge in [0.1, 0.15) is 5.75 Å². The molecule has 0 bridgehead atoms. The van der Waals surface area contributed by atoms with Gasteiger partial charge >= 0.3 is 0 Å². The van der Waals surface area contributed by atoms with Crippen LogP contribution in [0.1, 0.15) is 17.5 Å². The second-order valence-corrected chi connectivity index (χ2v) is 4.32. The number of fused-ring (bicyclic) bond motifs is 1. The Hall–Kier alpha value is -1.06. The van der Waals surface area contributed by atoms with Gasteiger partial charge in [-0.25, -0.2) is 0 Å². The van der Waals surface area contributed by atoms with Crippen LogP contribution in [-0.4, -0.2) is 31.5 Å². The van der Waals surface area contributed by atoms with Crippen LogP contribution in [0.25, 0.3) is 0 Å². The summed E-state index contributed by atoms with van der Waals surface area (Å²) in [4.78, 5) is 0. The number of methoxy groups -OCH3 is 2. The van der Waals surface area contributed by atoms with Crippen molar-refractivity contribution in [1.29, 1.82) is 0 Å². The van der Waals surface area contributed by atoms with Crippen molar-refractivity contribution in [2.75, 3.05) is 20.8 Å². The van der Waals surface area contributed by atoms with Gasteiger partial charge in [0.15, 0.2) is 0 Å². The van der Waals surface area contributed by atoms with Crippen molar-refractivity contribution in [2.24, 2.45) is 0 Å². The molecule has 1 atom stereocenters. The lowest BCUT2D eigenvalue weighted by Crippen LogP contribution is -2.41. The summed E-state index contributed by atoms with van der Waals surface area (Å²) in [6, 6.07) is 6.05. The van der Waals surface area contributed by atoms with Gasteiger partial charge in [0.05, 0.1) is 19.3 Å². The number of ether oxygens (including phenoxy) is 2. The van der Waals surface area contributed by atoms with E-state index in [-0.39, 0.29) is 6.61 Å². The molecule has 0 heterocycles. The van der Waals surface area contributed by atoms with Gasteiger partial charge in [-0.1, -0.05) is 12.1 Å². The van der Waals surface area contributed by atoms with Crippen LogP contribution in [0.2, 0.25) is 0 Å². The normalized spacial score (nSPS) is 23.9. The highest BCUT2D eigenvalue weighted by Crippen LogP contribution is 2.35. The average Bonchev–Trinajstić information content (AvgIpc) is 2.37. The molecule has 16 heavy (non-hydrogen) atoms. The molecule has 0 fully saturated rings. The first-order valence-electron chi connectivity index (χ1n) is 5.55. The fraction of sp³-hybridized carbons (Fsp3) is 0.538. The minimum atomic E-state index is -0.403. The quantitative estimate of drug-likeness (QED) is 0.843. The van der Waals surface area contributed by atoms with Gasteiger partial charge in [-0.2, -0.15) is 0 Å². The number of aliphatic hydroxyl groups is 1. The van der Waals surface area contributed by atoms with E-state index in [0.717, 1.165) is 25.0 Å². The highest BCUT2D eigenvalue weighted by atomic mass is 16.5. The molecule has 0 aromatic heterocycles. The first-order valence-corrected chi connectivity index (χ1v) is 5.55. The van der Waals surface area contributed by atoms with Crippen LogP contribution >= 0.6 is 0 Å². The Kier molecular flexibility index (Phi) is 3.17. The summed E-state index contributed by atoms with van der Waals surface area (Å²) in [6.07, 6.45) is 2.49. The fourth-order valence-electron chi connectivity index (χ4n) is 2.41. The van der Waals surface area contributed by atoms with E-state index >= 15 is 0 Å². The molecule has 0 radical (unpaired) electrons. The maximum Gasteiger partial charge on any atom is 0.122 e. The van der Waals surface area contributed by atoms with Crippen LogP contribution in [-0.2, 0) is 17.6 Å². The van der Waals surface area contributed by atoms with E-state index in [9.17, 15) is 5.11 Å². The van der Waals surface area contributed by atoms with Gasteiger partial charge in [-0.3, -0.25) is 0 Å². The third-order valence-electron chi connectivity index (χ3n) is 3.51. The Morgan fingerprint density at radius 3 is 2.81 bits per heavy atom. The first kappa shape index (κ1) is 11.4. The van der Waals surface area contributed by atoms with E-state index in [1.54, 1.807) is 14.2 Å². The maximum absolute atomic E-state index is 9.44. The SMILES string of the molecule is COc1cccc2c1CCC(CO)(OC)C2. The zero-order valence-electron chi connectivity index (χ0n) is 9.82. The molecule has 1 aromatic rings. The van der Waals surface area contributed by atoms with E-state index in [2.05, 4.69) is 6.07 Å². The fourth-order valence-corrected chi connectivity index (χ4v) is 2.41. The lowest BCUT2D eigenvalue weighted by atomic mass is 9.80. The molecule has 1 aliphatic rings. The second-order valence-electron chi connectivity index (χ2n) is 4.32. The molecule has 0 amide bonds. The third-order valence-corrected chi connectivity index (χ3v) is 3.51. The second kappa shape index (κ2) is 4.44. The topological polar surface area (TPSA) is 38.7 Å². The molecule has 2 rings (SSSR count). The molecule has 0 saturated carbocycles. The van der Waals surface area contributed by atoms with E-state index in [4.69, 9.17) is 9.47 Å². The predicted octanol–water partition coefficient (Wildman–Crippen LogP) is 1.56. The highest BCUT2D eigenvalue weighted by molar-refractivity contribution is 5.43. The zero-order valence-corrected chi connectivity index (χ0v) is 9.82. The van der Waals surface area contributed by atoms with Crippen LogP contribution in [0.4, 0.5) is 0 Å². The Balaban J connectivity index is 2.34. The van der Waals surface area contributed by atoms with Crippen LogP contribution < -0.4 is 4.74 Å². The van der Waals surface area contributed by atoms with Crippen LogP contribution in [0.3, 0.4) is 0 Å². The van der Waals surface area contributed by atoms with Crippen LogP contribution in [0.5, 0.6) is 5.75 Å². The molecular weight excluding hydrogens is 204 g/mol. The van der Waals surface area contributed by atoms with Gasteiger partial charge in [-0.05, 0) is 30.0 Å². The summed E-state index contributed by atoms with van der Waals surface area (Å²) in [5.74, 6) is 0.945. The van der Waals surface area contributed by atoms with Gasteiger partial charge < -0.3 is 14.6 Å². The number of aliphatic hydroxyl groups excluding tert-OH is 1. The van der Waals surface area contributed by atoms with Crippen molar-refractivity contribution in [3.8, 4) is 5.75 Å². The first-order chi connectivity index (χ1) is 7.74. The smallest absolute Gasteiger partial charge is 0.122 e. The third kappa shape index (κ3) is 1.81. The monoisotopic (exact) mass is 222 g/mol. The van der Waals surface area contributed by atoms with Gasteiger partial charge in [0, 0.05) is 13.5 Å². The molecule has 1 unspecified atom stereocenters. The van der Waals surface area contributed by atoms with Crippen molar-refractivity contribution in [1.82, 2.24) is 0 Å². The van der Waals surface area contributed by atoms with Gasteiger partial charge in [0.25, 0.3) is 0 Å². The lowest BCUT2D eigenvalue weighted by Gasteiger charge is -2.35. The average molecular weight is 222 g/mol. The maximum atomic E-state index is 9.44. The summed E-state index contributed by atoms with van der Waals surface area (Å²) < 4.78 is 10.8. The van der Waals surface area contributed by atoms with Crippen molar-refractivity contribution in [3.05, 3.63) is 29.3 Å². The molecule has 1 aliphatic carbocycles. The minimum Gasteiger partial charge on any atom is -0.496 e. The lowest BCUT2D eigenvalue weighted by molar-refractivity contribution is -0.0608. The molecule has 0 spiro atoms. The molecule has 0 aliphatic heterocycles. The molecule has 3 heteroatoms. The Bertz CT molecular complexity index is 369. The Morgan fingerprint density at radius 1 is 1.38 bits per heavy atom. The summed E-state index contributed by atoms with van der Waals surface area (Å²) in [6.45, 7) is 0.0696. The zero-order chi connectivity index (χ0) is 11.6. The van der Waals surface area contributed by atoms with Crippen LogP contribution in [0, 0.1) is 0 Å². The molecule has 88 valence electrons. The molecule has 1 N–H and O–H groups in total. The van der Waals surface area contributed by atoms with E-state index < -0.39 is 5.60 Å². The van der Waals surface area contributed by atoms with Crippen molar-refractivity contribution in [2.45, 2.75) is 24.9 Å². The number of hydrogen-bond acceptors (Lipinski definition) is 3. The van der Waals surface area contributed by atoms with Crippen molar-refractivity contribution >= 4 is 0 Å². The van der Waals surface area contributed by atoms with E-state index in [1.807, 2.05) is 12.1 Å². The number of benzene rings is 1. The molecular formula is C13H18O3. The summed E-state index contributed by atoms with van der Waals surface area (Å²) in [5.41, 5.74) is 2.08. The summed E-state index contributed by atoms with van der Waals surface area (Å²) in [7, 11) is 3.36. The summed E-state index contributed by atoms with van der Waals surface area (Å²) in [5, 5.41) is 9.44. The largest absolute Gasteiger partial charge is 0.496 e. The van der Waals surface area contributed by atoms with E-state index in [1.165, 1.54) is 11.1 Å². The number of hydrogen-bond donors (Lipinski definition) is 1. The molecule has 0 saturated heterocycles. The van der Waals surface area contributed by atoms with Crippen molar-refractivity contribution < 1.29 is 14.6 Å². The molecule has 3 nitrogen and oxygen atoms in total. The Morgan fingerprint density at radius 2 is 2.19 bits per heavy atom. The van der Waals surface area contributed by atoms with Gasteiger partial charge in [0.2, 0.25) is 0 Å². The van der Waals surface area contributed by atoms with Crippen LogP contribution in [0.15, 0.2) is 18.2 Å². The molecule has 1 aromatic carbocycles. The Labute approximate surface area is 96.0 Å². The predicted molar refractivity (Wildman–Crippen MR) is 61.8 cm³/mol. The standard InChI is InChI=1S/C13H18O3/c1-15-12-5-3-4-10-8-13(9-14,16-2)7-6-11(10)12/h3-5,14H,6-9H2,1-2H3. The van der Waals surface area contributed by atoms with E-state index in [0.29, 0.717) is 0 Å². The van der Waals surface area contributed by atoms with Gasteiger partial charge in [-0.15, -0.1) is 0 Å². The highest BCUT2D eigenvalue weighted by Gasteiger charge is 2.34. The minimum absolute atomic E-state index is 0.0696.